The van der Waals surface area contributed by atoms with Crippen LogP contribution in [0.2, 0.25) is 0 Å². The van der Waals surface area contributed by atoms with Gasteiger partial charge in [-0.1, -0.05) is 6.58 Å². The lowest BCUT2D eigenvalue weighted by molar-refractivity contribution is -0.116. The minimum absolute atomic E-state index is 0.00334. The van der Waals surface area contributed by atoms with E-state index < -0.39 is 10.0 Å². The number of nitrogens with zero attached hydrogens (tertiary/aromatic N) is 2. The summed E-state index contributed by atoms with van der Waals surface area (Å²) in [4.78, 5) is 26.4. The van der Waals surface area contributed by atoms with Gasteiger partial charge in [-0.15, -0.1) is 11.8 Å². The van der Waals surface area contributed by atoms with Crippen LogP contribution in [-0.2, 0) is 19.6 Å². The van der Waals surface area contributed by atoms with E-state index in [0.29, 0.717) is 38.4 Å². The second-order valence-corrected chi connectivity index (χ2v) is 11.8. The minimum Gasteiger partial charge on any atom is -0.379 e. The average Bonchev–Trinajstić information content (AvgIpc) is 3.39. The van der Waals surface area contributed by atoms with Gasteiger partial charge in [0.15, 0.2) is 0 Å². The summed E-state index contributed by atoms with van der Waals surface area (Å²) in [5.74, 6) is -0.217. The Bertz CT molecular complexity index is 965. The van der Waals surface area contributed by atoms with Crippen LogP contribution in [0.3, 0.4) is 0 Å². The smallest absolute Gasteiger partial charge is 0.251 e. The number of sulfonamides is 1. The molecule has 0 spiro atoms. The number of benzene rings is 1. The molecule has 0 saturated carbocycles. The molecular formula is C22H30N4O5S2. The van der Waals surface area contributed by atoms with Crippen molar-refractivity contribution >= 4 is 33.6 Å². The number of morpholine rings is 1. The zero-order chi connectivity index (χ0) is 23.4. The van der Waals surface area contributed by atoms with Gasteiger partial charge < -0.3 is 15.4 Å². The van der Waals surface area contributed by atoms with Crippen molar-refractivity contribution in [2.45, 2.75) is 21.9 Å². The Balaban J connectivity index is 1.29. The molecule has 180 valence electrons. The van der Waals surface area contributed by atoms with E-state index in [0.717, 1.165) is 26.1 Å². The van der Waals surface area contributed by atoms with Crippen LogP contribution in [-0.4, -0.2) is 92.5 Å². The number of carbonyl (C=O) groups is 2. The number of amides is 2. The maximum atomic E-state index is 13.1. The van der Waals surface area contributed by atoms with Crippen molar-refractivity contribution < 1.29 is 22.7 Å². The summed E-state index contributed by atoms with van der Waals surface area (Å²) in [5, 5.41) is 5.93. The highest BCUT2D eigenvalue weighted by Gasteiger charge is 2.45. The fourth-order valence-electron chi connectivity index (χ4n) is 4.41. The largest absolute Gasteiger partial charge is 0.379 e. The van der Waals surface area contributed by atoms with E-state index in [9.17, 15) is 18.0 Å². The van der Waals surface area contributed by atoms with E-state index >= 15 is 0 Å². The molecule has 3 atom stereocenters. The molecule has 0 bridgehead atoms. The Kier molecular flexibility index (Phi) is 7.75. The van der Waals surface area contributed by atoms with Gasteiger partial charge in [-0.2, -0.15) is 4.31 Å². The highest BCUT2D eigenvalue weighted by atomic mass is 32.2. The third-order valence-corrected chi connectivity index (χ3v) is 9.63. The SMILES string of the molecule is C=CC(=O)NC1CC2CN(S(=O)(=O)c3ccc(C(=O)NCCN4CCOCC4)cc3)CC2S1. The van der Waals surface area contributed by atoms with Gasteiger partial charge in [0.1, 0.15) is 0 Å². The predicted molar refractivity (Wildman–Crippen MR) is 126 cm³/mol. The van der Waals surface area contributed by atoms with Crippen molar-refractivity contribution in [3.63, 3.8) is 0 Å². The van der Waals surface area contributed by atoms with Crippen molar-refractivity contribution in [3.05, 3.63) is 42.5 Å². The molecule has 3 aliphatic rings. The molecule has 4 rings (SSSR count). The van der Waals surface area contributed by atoms with E-state index in [4.69, 9.17) is 4.74 Å². The molecular weight excluding hydrogens is 464 g/mol. The van der Waals surface area contributed by atoms with Crippen LogP contribution in [0.15, 0.2) is 41.8 Å². The highest BCUT2D eigenvalue weighted by molar-refractivity contribution is 8.00. The standard InChI is InChI=1S/C22H30N4O5S2/c1-2-20(27)24-21-13-17-14-26(15-19(17)32-21)33(29,30)18-5-3-16(4-6-18)22(28)23-7-8-25-9-11-31-12-10-25/h2-6,17,19,21H,1,7-15H2,(H,23,28)(H,24,27). The van der Waals surface area contributed by atoms with Crippen molar-refractivity contribution in [2.75, 3.05) is 52.5 Å². The Morgan fingerprint density at radius 2 is 1.91 bits per heavy atom. The number of rotatable bonds is 8. The van der Waals surface area contributed by atoms with Gasteiger partial charge >= 0.3 is 0 Å². The van der Waals surface area contributed by atoms with Gasteiger partial charge in [0.2, 0.25) is 15.9 Å². The summed E-state index contributed by atoms with van der Waals surface area (Å²) < 4.78 is 33.1. The maximum Gasteiger partial charge on any atom is 0.251 e. The predicted octanol–water partition coefficient (Wildman–Crippen LogP) is 0.503. The summed E-state index contributed by atoms with van der Waals surface area (Å²) in [6.45, 7) is 8.77. The Morgan fingerprint density at radius 1 is 1.18 bits per heavy atom. The molecule has 3 unspecified atom stereocenters. The van der Waals surface area contributed by atoms with Gasteiger partial charge in [-0.05, 0) is 42.7 Å². The molecule has 0 aromatic heterocycles. The summed E-state index contributed by atoms with van der Waals surface area (Å²) in [5.41, 5.74) is 0.436. The lowest BCUT2D eigenvalue weighted by Gasteiger charge is -2.26. The highest BCUT2D eigenvalue weighted by Crippen LogP contribution is 2.43. The van der Waals surface area contributed by atoms with Crippen molar-refractivity contribution in [1.82, 2.24) is 19.8 Å². The second-order valence-electron chi connectivity index (χ2n) is 8.43. The van der Waals surface area contributed by atoms with Gasteiger partial charge in [0.05, 0.1) is 23.5 Å². The van der Waals surface area contributed by atoms with E-state index in [1.165, 1.54) is 22.5 Å². The van der Waals surface area contributed by atoms with Gasteiger partial charge in [-0.25, -0.2) is 8.42 Å². The van der Waals surface area contributed by atoms with Crippen LogP contribution in [0.5, 0.6) is 0 Å². The molecule has 2 amide bonds. The maximum absolute atomic E-state index is 13.1. The molecule has 3 heterocycles. The number of hydrogen-bond acceptors (Lipinski definition) is 7. The first-order valence-corrected chi connectivity index (χ1v) is 13.5. The fraction of sp³-hybridized carbons (Fsp3) is 0.545. The number of thioether (sulfide) groups is 1. The van der Waals surface area contributed by atoms with E-state index in [-0.39, 0.29) is 33.3 Å². The van der Waals surface area contributed by atoms with Gasteiger partial charge in [-0.3, -0.25) is 14.5 Å². The van der Waals surface area contributed by atoms with Crippen LogP contribution in [0.25, 0.3) is 0 Å². The molecule has 33 heavy (non-hydrogen) atoms. The third kappa shape index (κ3) is 5.78. The second kappa shape index (κ2) is 10.6. The molecule has 11 heteroatoms. The molecule has 3 aliphatic heterocycles. The van der Waals surface area contributed by atoms with Crippen LogP contribution in [0.4, 0.5) is 0 Å². The van der Waals surface area contributed by atoms with E-state index in [1.54, 1.807) is 23.9 Å². The number of hydrogen-bond donors (Lipinski definition) is 2. The number of carbonyl (C=O) groups excluding carboxylic acids is 2. The van der Waals surface area contributed by atoms with Gasteiger partial charge in [0.25, 0.3) is 5.91 Å². The van der Waals surface area contributed by atoms with Crippen LogP contribution in [0, 0.1) is 5.92 Å². The fourth-order valence-corrected chi connectivity index (χ4v) is 7.68. The lowest BCUT2D eigenvalue weighted by atomic mass is 10.1. The molecule has 3 fully saturated rings. The van der Waals surface area contributed by atoms with Crippen LogP contribution < -0.4 is 10.6 Å². The molecule has 0 radical (unpaired) electrons. The normalized spacial score (nSPS) is 26.0. The summed E-state index contributed by atoms with van der Waals surface area (Å²) in [6, 6.07) is 6.12. The average molecular weight is 495 g/mol. The molecule has 2 N–H and O–H groups in total. The van der Waals surface area contributed by atoms with Crippen molar-refractivity contribution in [2.24, 2.45) is 5.92 Å². The summed E-state index contributed by atoms with van der Waals surface area (Å²) >= 11 is 1.61. The van der Waals surface area contributed by atoms with Crippen LogP contribution >= 0.6 is 11.8 Å². The molecule has 1 aromatic carbocycles. The van der Waals surface area contributed by atoms with Crippen LogP contribution in [0.1, 0.15) is 16.8 Å². The first-order valence-electron chi connectivity index (χ1n) is 11.1. The quantitative estimate of drug-likeness (QED) is 0.507. The molecule has 1 aromatic rings. The number of ether oxygens (including phenoxy) is 1. The summed E-state index contributed by atoms with van der Waals surface area (Å²) in [6.07, 6.45) is 1.99. The van der Waals surface area contributed by atoms with E-state index in [1.807, 2.05) is 0 Å². The topological polar surface area (TPSA) is 108 Å². The first-order chi connectivity index (χ1) is 15.9. The monoisotopic (exact) mass is 494 g/mol. The Hall–Kier alpha value is -1.92. The molecule has 3 saturated heterocycles. The molecule has 0 aliphatic carbocycles. The Morgan fingerprint density at radius 3 is 2.58 bits per heavy atom. The van der Waals surface area contributed by atoms with E-state index in [2.05, 4.69) is 22.1 Å². The molecule has 9 nitrogen and oxygen atoms in total. The van der Waals surface area contributed by atoms with Crippen molar-refractivity contribution in [1.29, 1.82) is 0 Å². The first kappa shape index (κ1) is 24.2. The lowest BCUT2D eigenvalue weighted by Crippen LogP contribution is -2.41. The third-order valence-electron chi connectivity index (χ3n) is 6.26. The number of fused-ring (bicyclic) bond motifs is 1. The van der Waals surface area contributed by atoms with Gasteiger partial charge in [0, 0.05) is 50.1 Å². The zero-order valence-electron chi connectivity index (χ0n) is 18.4. The zero-order valence-corrected chi connectivity index (χ0v) is 20.1. The number of nitrogens with one attached hydrogen (secondary N) is 2. The minimum atomic E-state index is -3.63. The summed E-state index contributed by atoms with van der Waals surface area (Å²) in [7, 11) is -3.63. The van der Waals surface area contributed by atoms with Crippen molar-refractivity contribution in [3.8, 4) is 0 Å². The Labute approximate surface area is 199 Å².